The summed E-state index contributed by atoms with van der Waals surface area (Å²) in [5, 5.41) is 0. The molecule has 0 atom stereocenters. The number of rotatable bonds is 3. The van der Waals surface area contributed by atoms with E-state index in [1.807, 2.05) is 11.3 Å². The lowest BCUT2D eigenvalue weighted by Gasteiger charge is -2.15. The van der Waals surface area contributed by atoms with E-state index in [0.29, 0.717) is 0 Å². The number of hydrogen-bond donors (Lipinski definition) is 0. The molecule has 0 saturated carbocycles. The zero-order valence-corrected chi connectivity index (χ0v) is 9.99. The van der Waals surface area contributed by atoms with E-state index >= 15 is 0 Å². The summed E-state index contributed by atoms with van der Waals surface area (Å²) in [7, 11) is -1.32. The SMILES string of the molecule is Cc1ccc(CO[Si](C)(C)C)s1. The minimum atomic E-state index is -1.32. The Morgan fingerprint density at radius 1 is 1.33 bits per heavy atom. The van der Waals surface area contributed by atoms with Crippen LogP contribution in [0.4, 0.5) is 0 Å². The van der Waals surface area contributed by atoms with Gasteiger partial charge in [0.1, 0.15) is 0 Å². The Balaban J connectivity index is 2.44. The number of thiophene rings is 1. The molecule has 1 rings (SSSR count). The maximum atomic E-state index is 5.78. The van der Waals surface area contributed by atoms with Crippen LogP contribution in [0.15, 0.2) is 12.1 Å². The van der Waals surface area contributed by atoms with Gasteiger partial charge >= 0.3 is 0 Å². The monoisotopic (exact) mass is 200 g/mol. The van der Waals surface area contributed by atoms with Crippen LogP contribution in [0.5, 0.6) is 0 Å². The Hall–Kier alpha value is -0.123. The van der Waals surface area contributed by atoms with Crippen molar-refractivity contribution in [1.82, 2.24) is 0 Å². The van der Waals surface area contributed by atoms with Crippen LogP contribution >= 0.6 is 11.3 Å². The van der Waals surface area contributed by atoms with E-state index in [-0.39, 0.29) is 0 Å². The number of aryl methyl sites for hydroxylation is 1. The van der Waals surface area contributed by atoms with Crippen molar-refractivity contribution >= 4 is 19.7 Å². The summed E-state index contributed by atoms with van der Waals surface area (Å²) in [6, 6.07) is 4.30. The smallest absolute Gasteiger partial charge is 0.184 e. The fourth-order valence-corrected chi connectivity index (χ4v) is 2.35. The quantitative estimate of drug-likeness (QED) is 0.679. The fraction of sp³-hybridized carbons (Fsp3) is 0.556. The summed E-state index contributed by atoms with van der Waals surface area (Å²) in [5.41, 5.74) is 0. The van der Waals surface area contributed by atoms with Crippen LogP contribution in [-0.2, 0) is 11.0 Å². The van der Waals surface area contributed by atoms with Crippen molar-refractivity contribution in [1.29, 1.82) is 0 Å². The molecule has 1 aromatic rings. The van der Waals surface area contributed by atoms with Crippen LogP contribution in [0.2, 0.25) is 19.6 Å². The van der Waals surface area contributed by atoms with E-state index in [1.54, 1.807) is 0 Å². The molecule has 1 aromatic heterocycles. The molecule has 0 radical (unpaired) electrons. The third-order valence-electron chi connectivity index (χ3n) is 1.44. The summed E-state index contributed by atoms with van der Waals surface area (Å²) >= 11 is 1.83. The van der Waals surface area contributed by atoms with Crippen LogP contribution in [0.1, 0.15) is 9.75 Å². The number of hydrogen-bond acceptors (Lipinski definition) is 2. The lowest BCUT2D eigenvalue weighted by molar-refractivity contribution is 0.303. The highest BCUT2D eigenvalue weighted by molar-refractivity contribution is 7.11. The lowest BCUT2D eigenvalue weighted by Crippen LogP contribution is -2.24. The van der Waals surface area contributed by atoms with E-state index in [2.05, 4.69) is 38.7 Å². The Morgan fingerprint density at radius 3 is 2.42 bits per heavy atom. The molecule has 1 nitrogen and oxygen atoms in total. The predicted octanol–water partition coefficient (Wildman–Crippen LogP) is 3.41. The first-order valence-electron chi connectivity index (χ1n) is 4.17. The van der Waals surface area contributed by atoms with Crippen LogP contribution in [0.25, 0.3) is 0 Å². The van der Waals surface area contributed by atoms with Gasteiger partial charge in [-0.1, -0.05) is 0 Å². The highest BCUT2D eigenvalue weighted by Crippen LogP contribution is 2.17. The summed E-state index contributed by atoms with van der Waals surface area (Å²) in [6.07, 6.45) is 0. The minimum absolute atomic E-state index is 0.800. The van der Waals surface area contributed by atoms with Gasteiger partial charge in [-0.3, -0.25) is 0 Å². The Morgan fingerprint density at radius 2 is 2.00 bits per heavy atom. The second-order valence-electron chi connectivity index (χ2n) is 3.91. The van der Waals surface area contributed by atoms with E-state index in [4.69, 9.17) is 4.43 Å². The first-order chi connectivity index (χ1) is 5.47. The summed E-state index contributed by atoms with van der Waals surface area (Å²) < 4.78 is 5.78. The van der Waals surface area contributed by atoms with Gasteiger partial charge in [-0.15, -0.1) is 11.3 Å². The van der Waals surface area contributed by atoms with Crippen molar-refractivity contribution in [2.24, 2.45) is 0 Å². The molecule has 0 aromatic carbocycles. The largest absolute Gasteiger partial charge is 0.413 e. The molecule has 0 fully saturated rings. The van der Waals surface area contributed by atoms with Crippen LogP contribution in [0, 0.1) is 6.92 Å². The zero-order valence-electron chi connectivity index (χ0n) is 8.18. The molecule has 3 heteroatoms. The topological polar surface area (TPSA) is 9.23 Å². The van der Waals surface area contributed by atoms with Crippen molar-refractivity contribution in [3.05, 3.63) is 21.9 Å². The fourth-order valence-electron chi connectivity index (χ4n) is 0.850. The van der Waals surface area contributed by atoms with Crippen LogP contribution in [-0.4, -0.2) is 8.32 Å². The maximum Gasteiger partial charge on any atom is 0.184 e. The average Bonchev–Trinajstić information content (AvgIpc) is 2.30. The van der Waals surface area contributed by atoms with Gasteiger partial charge in [0, 0.05) is 9.75 Å². The zero-order chi connectivity index (χ0) is 9.19. The van der Waals surface area contributed by atoms with Crippen LogP contribution < -0.4 is 0 Å². The van der Waals surface area contributed by atoms with E-state index in [0.717, 1.165) is 6.61 Å². The molecule has 0 unspecified atom stereocenters. The molecule has 1 heterocycles. The van der Waals surface area contributed by atoms with Crippen molar-refractivity contribution < 1.29 is 4.43 Å². The van der Waals surface area contributed by atoms with E-state index in [9.17, 15) is 0 Å². The molecule has 12 heavy (non-hydrogen) atoms. The molecule has 0 aliphatic rings. The Labute approximate surface area is 79.5 Å². The highest BCUT2D eigenvalue weighted by atomic mass is 32.1. The predicted molar refractivity (Wildman–Crippen MR) is 57.2 cm³/mol. The first kappa shape index (κ1) is 9.96. The molecular weight excluding hydrogens is 184 g/mol. The van der Waals surface area contributed by atoms with Gasteiger partial charge in [-0.05, 0) is 38.7 Å². The Kier molecular flexibility index (Phi) is 3.09. The maximum absolute atomic E-state index is 5.78. The van der Waals surface area contributed by atoms with Gasteiger partial charge in [0.15, 0.2) is 8.32 Å². The molecule has 68 valence electrons. The van der Waals surface area contributed by atoms with Crippen molar-refractivity contribution in [2.45, 2.75) is 33.2 Å². The second-order valence-corrected chi connectivity index (χ2v) is 9.80. The third-order valence-corrected chi connectivity index (χ3v) is 3.43. The molecule has 0 aliphatic heterocycles. The van der Waals surface area contributed by atoms with Crippen molar-refractivity contribution in [2.75, 3.05) is 0 Å². The first-order valence-corrected chi connectivity index (χ1v) is 8.39. The third kappa shape index (κ3) is 3.52. The Bertz CT molecular complexity index is 249. The lowest BCUT2D eigenvalue weighted by atomic mass is 10.4. The average molecular weight is 200 g/mol. The summed E-state index contributed by atoms with van der Waals surface area (Å²) in [4.78, 5) is 2.71. The molecule has 0 aliphatic carbocycles. The molecular formula is C9H16OSSi. The van der Waals surface area contributed by atoms with E-state index < -0.39 is 8.32 Å². The van der Waals surface area contributed by atoms with Gasteiger partial charge in [0.25, 0.3) is 0 Å². The van der Waals surface area contributed by atoms with Gasteiger partial charge in [-0.25, -0.2) is 0 Å². The summed E-state index contributed by atoms with van der Waals surface area (Å²) in [6.45, 7) is 9.57. The van der Waals surface area contributed by atoms with Gasteiger partial charge in [0.2, 0.25) is 0 Å². The highest BCUT2D eigenvalue weighted by Gasteiger charge is 2.14. The van der Waals surface area contributed by atoms with Gasteiger partial charge in [-0.2, -0.15) is 0 Å². The van der Waals surface area contributed by atoms with E-state index in [1.165, 1.54) is 9.75 Å². The molecule has 0 N–H and O–H groups in total. The van der Waals surface area contributed by atoms with Gasteiger partial charge in [0.05, 0.1) is 6.61 Å². The molecule has 0 bridgehead atoms. The van der Waals surface area contributed by atoms with Gasteiger partial charge < -0.3 is 4.43 Å². The summed E-state index contributed by atoms with van der Waals surface area (Å²) in [5.74, 6) is 0. The molecule has 0 spiro atoms. The van der Waals surface area contributed by atoms with Crippen LogP contribution in [0.3, 0.4) is 0 Å². The normalized spacial score (nSPS) is 12.0. The standard InChI is InChI=1S/C9H16OSSi/c1-8-5-6-9(11-8)7-10-12(2,3)4/h5-6H,7H2,1-4H3. The second kappa shape index (κ2) is 3.73. The minimum Gasteiger partial charge on any atom is -0.413 e. The van der Waals surface area contributed by atoms with Crippen molar-refractivity contribution in [3.8, 4) is 0 Å². The van der Waals surface area contributed by atoms with Crippen molar-refractivity contribution in [3.63, 3.8) is 0 Å². The molecule has 0 saturated heterocycles. The molecule has 0 amide bonds.